The number of hydrogen-bond donors (Lipinski definition) is 2. The molecule has 1 fully saturated rings. The average Bonchev–Trinajstić information content (AvgIpc) is 2.85. The fourth-order valence-electron chi connectivity index (χ4n) is 1.82. The zero-order valence-corrected chi connectivity index (χ0v) is 10.4. The molecule has 1 aliphatic rings. The second-order valence-electron chi connectivity index (χ2n) is 4.23. The van der Waals surface area contributed by atoms with Gasteiger partial charge in [0.15, 0.2) is 0 Å². The van der Waals surface area contributed by atoms with Gasteiger partial charge in [-0.3, -0.25) is 14.8 Å². The standard InChI is InChI=1S/C11H16N4O3/c1-7-9(8(2)14-13-7)5-12-10(16)6-15-3-4-18-11(15)17/h3-6H2,1-2H3,(H,12,16)(H,13,14). The van der Waals surface area contributed by atoms with Crippen LogP contribution in [0.3, 0.4) is 0 Å². The van der Waals surface area contributed by atoms with E-state index in [1.54, 1.807) is 0 Å². The molecule has 0 aliphatic carbocycles. The Kier molecular flexibility index (Phi) is 3.50. The molecule has 1 aliphatic heterocycles. The van der Waals surface area contributed by atoms with Gasteiger partial charge in [-0.25, -0.2) is 4.79 Å². The van der Waals surface area contributed by atoms with Gasteiger partial charge in [0.05, 0.1) is 12.2 Å². The smallest absolute Gasteiger partial charge is 0.410 e. The SMILES string of the molecule is Cc1n[nH]c(C)c1CNC(=O)CN1CCOC1=O. The quantitative estimate of drug-likeness (QED) is 0.795. The highest BCUT2D eigenvalue weighted by Gasteiger charge is 2.24. The monoisotopic (exact) mass is 252 g/mol. The molecule has 1 aromatic heterocycles. The summed E-state index contributed by atoms with van der Waals surface area (Å²) in [5.74, 6) is -0.200. The minimum absolute atomic E-state index is 0.0365. The number of nitrogens with one attached hydrogen (secondary N) is 2. The van der Waals surface area contributed by atoms with Crippen LogP contribution in [0.25, 0.3) is 0 Å². The van der Waals surface area contributed by atoms with Crippen LogP contribution in [0.15, 0.2) is 0 Å². The first-order valence-electron chi connectivity index (χ1n) is 5.76. The third-order valence-corrected chi connectivity index (χ3v) is 2.92. The predicted octanol–water partition coefficient (Wildman–Crippen LogP) is 0.0949. The van der Waals surface area contributed by atoms with E-state index in [0.717, 1.165) is 17.0 Å². The zero-order chi connectivity index (χ0) is 13.1. The highest BCUT2D eigenvalue weighted by Crippen LogP contribution is 2.08. The molecular weight excluding hydrogens is 236 g/mol. The molecule has 2 rings (SSSR count). The number of ether oxygens (including phenoxy) is 1. The maximum atomic E-state index is 11.7. The summed E-state index contributed by atoms with van der Waals surface area (Å²) in [6, 6.07) is 0. The molecule has 0 unspecified atom stereocenters. The van der Waals surface area contributed by atoms with Crippen LogP contribution in [0.4, 0.5) is 4.79 Å². The highest BCUT2D eigenvalue weighted by atomic mass is 16.6. The molecule has 2 heterocycles. The molecule has 0 bridgehead atoms. The van der Waals surface area contributed by atoms with E-state index in [0.29, 0.717) is 19.7 Å². The first-order valence-corrected chi connectivity index (χ1v) is 5.76. The van der Waals surface area contributed by atoms with Gasteiger partial charge in [0.1, 0.15) is 13.2 Å². The number of nitrogens with zero attached hydrogens (tertiary/aromatic N) is 2. The molecule has 7 heteroatoms. The molecule has 0 spiro atoms. The summed E-state index contributed by atoms with van der Waals surface area (Å²) in [5, 5.41) is 9.67. The summed E-state index contributed by atoms with van der Waals surface area (Å²) in [7, 11) is 0. The van der Waals surface area contributed by atoms with E-state index < -0.39 is 6.09 Å². The molecular formula is C11H16N4O3. The third kappa shape index (κ3) is 2.61. The van der Waals surface area contributed by atoms with Gasteiger partial charge in [-0.15, -0.1) is 0 Å². The van der Waals surface area contributed by atoms with Gasteiger partial charge in [-0.2, -0.15) is 5.10 Å². The highest BCUT2D eigenvalue weighted by molar-refractivity contribution is 5.82. The number of aromatic amines is 1. The Morgan fingerprint density at radius 3 is 2.89 bits per heavy atom. The summed E-state index contributed by atoms with van der Waals surface area (Å²) >= 11 is 0. The Bertz CT molecular complexity index is 449. The number of carbonyl (C=O) groups is 2. The van der Waals surface area contributed by atoms with E-state index in [-0.39, 0.29) is 12.5 Å². The normalized spacial score (nSPS) is 14.8. The lowest BCUT2D eigenvalue weighted by atomic mass is 10.2. The summed E-state index contributed by atoms with van der Waals surface area (Å²) in [5.41, 5.74) is 2.79. The Morgan fingerprint density at radius 1 is 1.56 bits per heavy atom. The molecule has 0 radical (unpaired) electrons. The predicted molar refractivity (Wildman–Crippen MR) is 62.8 cm³/mol. The number of cyclic esters (lactones) is 1. The lowest BCUT2D eigenvalue weighted by molar-refractivity contribution is -0.121. The van der Waals surface area contributed by atoms with Crippen LogP contribution in [-0.2, 0) is 16.1 Å². The van der Waals surface area contributed by atoms with Crippen LogP contribution < -0.4 is 5.32 Å². The minimum Gasteiger partial charge on any atom is -0.448 e. The number of amides is 2. The Morgan fingerprint density at radius 2 is 2.33 bits per heavy atom. The van der Waals surface area contributed by atoms with E-state index in [4.69, 9.17) is 4.74 Å². The number of H-pyrrole nitrogens is 1. The Hall–Kier alpha value is -2.05. The second kappa shape index (κ2) is 5.07. The molecule has 18 heavy (non-hydrogen) atoms. The molecule has 98 valence electrons. The summed E-state index contributed by atoms with van der Waals surface area (Å²) < 4.78 is 4.75. The maximum absolute atomic E-state index is 11.7. The van der Waals surface area contributed by atoms with E-state index in [1.807, 2.05) is 13.8 Å². The van der Waals surface area contributed by atoms with Crippen LogP contribution in [0.2, 0.25) is 0 Å². The molecule has 0 aromatic carbocycles. The van der Waals surface area contributed by atoms with Gasteiger partial charge in [0.2, 0.25) is 5.91 Å². The van der Waals surface area contributed by atoms with Crippen molar-refractivity contribution in [1.82, 2.24) is 20.4 Å². The average molecular weight is 252 g/mol. The van der Waals surface area contributed by atoms with Gasteiger partial charge >= 0.3 is 6.09 Å². The van der Waals surface area contributed by atoms with Gasteiger partial charge in [-0.1, -0.05) is 0 Å². The number of hydrogen-bond acceptors (Lipinski definition) is 4. The van der Waals surface area contributed by atoms with Crippen molar-refractivity contribution in [2.45, 2.75) is 20.4 Å². The number of carbonyl (C=O) groups excluding carboxylic acids is 2. The Balaban J connectivity index is 1.83. The van der Waals surface area contributed by atoms with Crippen LogP contribution in [0.1, 0.15) is 17.0 Å². The molecule has 1 aromatic rings. The topological polar surface area (TPSA) is 87.3 Å². The fourth-order valence-corrected chi connectivity index (χ4v) is 1.82. The van der Waals surface area contributed by atoms with Crippen molar-refractivity contribution in [3.8, 4) is 0 Å². The largest absolute Gasteiger partial charge is 0.448 e. The van der Waals surface area contributed by atoms with Crippen LogP contribution in [0, 0.1) is 13.8 Å². The Labute approximate surface area is 104 Å². The van der Waals surface area contributed by atoms with Crippen molar-refractivity contribution in [3.05, 3.63) is 17.0 Å². The first kappa shape index (κ1) is 12.4. The lowest BCUT2D eigenvalue weighted by Gasteiger charge is -2.12. The van der Waals surface area contributed by atoms with Crippen molar-refractivity contribution < 1.29 is 14.3 Å². The second-order valence-corrected chi connectivity index (χ2v) is 4.23. The summed E-state index contributed by atoms with van der Waals surface area (Å²) in [4.78, 5) is 24.2. The lowest BCUT2D eigenvalue weighted by Crippen LogP contribution is -2.37. The van der Waals surface area contributed by atoms with Gasteiger partial charge < -0.3 is 10.1 Å². The molecule has 2 N–H and O–H groups in total. The van der Waals surface area contributed by atoms with Crippen molar-refractivity contribution in [2.24, 2.45) is 0 Å². The van der Waals surface area contributed by atoms with E-state index in [1.165, 1.54) is 4.90 Å². The van der Waals surface area contributed by atoms with Crippen LogP contribution >= 0.6 is 0 Å². The van der Waals surface area contributed by atoms with Crippen molar-refractivity contribution in [1.29, 1.82) is 0 Å². The third-order valence-electron chi connectivity index (χ3n) is 2.92. The number of rotatable bonds is 4. The van der Waals surface area contributed by atoms with Crippen LogP contribution in [0.5, 0.6) is 0 Å². The van der Waals surface area contributed by atoms with Gasteiger partial charge in [0.25, 0.3) is 0 Å². The summed E-state index contributed by atoms with van der Waals surface area (Å²) in [6.45, 7) is 5.05. The minimum atomic E-state index is -0.430. The van der Waals surface area contributed by atoms with E-state index >= 15 is 0 Å². The van der Waals surface area contributed by atoms with Gasteiger partial charge in [0, 0.05) is 17.8 Å². The molecule has 7 nitrogen and oxygen atoms in total. The van der Waals surface area contributed by atoms with Gasteiger partial charge in [-0.05, 0) is 13.8 Å². The molecule has 2 amide bonds. The molecule has 1 saturated heterocycles. The van der Waals surface area contributed by atoms with E-state index in [2.05, 4.69) is 15.5 Å². The number of aromatic nitrogens is 2. The summed E-state index contributed by atoms with van der Waals surface area (Å²) in [6.07, 6.45) is -0.430. The van der Waals surface area contributed by atoms with E-state index in [9.17, 15) is 9.59 Å². The first-order chi connectivity index (χ1) is 8.58. The number of aryl methyl sites for hydroxylation is 2. The maximum Gasteiger partial charge on any atom is 0.410 e. The zero-order valence-electron chi connectivity index (χ0n) is 10.4. The molecule has 0 atom stereocenters. The van der Waals surface area contributed by atoms with Crippen molar-refractivity contribution >= 4 is 12.0 Å². The van der Waals surface area contributed by atoms with Crippen molar-refractivity contribution in [2.75, 3.05) is 19.7 Å². The molecule has 0 saturated carbocycles. The van der Waals surface area contributed by atoms with Crippen LogP contribution in [-0.4, -0.2) is 46.8 Å². The van der Waals surface area contributed by atoms with Crippen molar-refractivity contribution in [3.63, 3.8) is 0 Å². The fraction of sp³-hybridized carbons (Fsp3) is 0.545.